The molecule has 0 fully saturated rings. The summed E-state index contributed by atoms with van der Waals surface area (Å²) in [5, 5.41) is 5.52. The predicted molar refractivity (Wildman–Crippen MR) is 173 cm³/mol. The number of unbranched alkanes of at least 4 members (excludes halogenated alkanes) is 12. The second-order valence-corrected chi connectivity index (χ2v) is 12.2. The molecule has 0 unspecified atom stereocenters. The van der Waals surface area contributed by atoms with Crippen LogP contribution in [0, 0.1) is 0 Å². The molecule has 1 aromatic carbocycles. The van der Waals surface area contributed by atoms with Crippen LogP contribution in [0.3, 0.4) is 0 Å². The molecule has 11 heteroatoms. The van der Waals surface area contributed by atoms with E-state index in [9.17, 15) is 9.59 Å². The molecule has 0 aliphatic heterocycles. The van der Waals surface area contributed by atoms with E-state index in [0.29, 0.717) is 27.3 Å². The number of aryl methyl sites for hydroxylation is 1. The van der Waals surface area contributed by atoms with Gasteiger partial charge < -0.3 is 14.2 Å². The molecule has 1 aromatic heterocycles. The number of hydrogen-bond donors (Lipinski definition) is 0. The first-order chi connectivity index (χ1) is 20.2. The van der Waals surface area contributed by atoms with Crippen molar-refractivity contribution < 1.29 is 23.8 Å². The molecule has 0 bridgehead atoms. The van der Waals surface area contributed by atoms with E-state index >= 15 is 0 Å². The molecule has 2 aromatic rings. The Bertz CT molecular complexity index is 1090. The molecule has 42 heavy (non-hydrogen) atoms. The molecule has 236 valence electrons. The van der Waals surface area contributed by atoms with Gasteiger partial charge in [0.1, 0.15) is 10.2 Å². The van der Waals surface area contributed by atoms with Gasteiger partial charge >= 0.3 is 11.9 Å². The lowest BCUT2D eigenvalue weighted by atomic mass is 10.0. The lowest BCUT2D eigenvalue weighted by Crippen LogP contribution is -2.39. The Morgan fingerprint density at radius 3 is 1.69 bits per heavy atom. The largest absolute Gasteiger partial charge is 0.463 e. The first-order valence-electron chi connectivity index (χ1n) is 15.2. The maximum absolute atomic E-state index is 12.7. The highest BCUT2D eigenvalue weighted by atomic mass is 79.9. The average Bonchev–Trinajstić information content (AvgIpc) is 3.23. The number of carbonyl (C=O) groups excluding carboxylic acids is 2. The number of esters is 2. The zero-order valence-corrected chi connectivity index (χ0v) is 28.8. The van der Waals surface area contributed by atoms with Crippen LogP contribution in [-0.2, 0) is 25.5 Å². The van der Waals surface area contributed by atoms with Gasteiger partial charge in [-0.25, -0.2) is 9.59 Å². The van der Waals surface area contributed by atoms with Crippen molar-refractivity contribution in [2.75, 3.05) is 13.2 Å². The summed E-state index contributed by atoms with van der Waals surface area (Å²) in [6.07, 6.45) is 15.3. The van der Waals surface area contributed by atoms with E-state index in [4.69, 9.17) is 54.1 Å². The molecule has 0 atom stereocenters. The highest BCUT2D eigenvalue weighted by molar-refractivity contribution is 9.10. The fourth-order valence-corrected chi connectivity index (χ4v) is 6.14. The van der Waals surface area contributed by atoms with Crippen molar-refractivity contribution in [1.29, 1.82) is 0 Å². The van der Waals surface area contributed by atoms with Gasteiger partial charge in [0.25, 0.3) is 6.10 Å². The normalized spacial score (nSPS) is 11.2. The van der Waals surface area contributed by atoms with Crippen molar-refractivity contribution in [3.8, 4) is 11.6 Å². The van der Waals surface area contributed by atoms with Gasteiger partial charge in [-0.1, -0.05) is 119 Å². The van der Waals surface area contributed by atoms with E-state index in [1.54, 1.807) is 13.8 Å². The molecule has 7 nitrogen and oxygen atoms in total. The molecular weight excluding hydrogens is 667 g/mol. The molecule has 2 rings (SSSR count). The SMILES string of the molecule is CCCCCCCCCCCCCCCc1nn(-c2c(Cl)cc(Cl)cc2Cl)c(OC(C(=O)OCC)C(=O)OCC)c1Br. The number of aromatic nitrogens is 2. The van der Waals surface area contributed by atoms with Gasteiger partial charge in [0, 0.05) is 5.02 Å². The molecule has 0 spiro atoms. The van der Waals surface area contributed by atoms with Gasteiger partial charge in [0.2, 0.25) is 5.88 Å². The zero-order valence-electron chi connectivity index (χ0n) is 25.0. The average molecular weight is 711 g/mol. The monoisotopic (exact) mass is 708 g/mol. The Hall–Kier alpha value is -1.48. The highest BCUT2D eigenvalue weighted by Gasteiger charge is 2.35. The third-order valence-electron chi connectivity index (χ3n) is 6.80. The van der Waals surface area contributed by atoms with Crippen LogP contribution in [0.1, 0.15) is 110 Å². The van der Waals surface area contributed by atoms with Gasteiger partial charge in [-0.05, 0) is 54.8 Å². The minimum Gasteiger partial charge on any atom is -0.463 e. The van der Waals surface area contributed by atoms with E-state index in [-0.39, 0.29) is 29.1 Å². The third kappa shape index (κ3) is 11.9. The number of benzene rings is 1. The lowest BCUT2D eigenvalue weighted by Gasteiger charge is -2.18. The molecule has 0 N–H and O–H groups in total. The molecule has 0 aliphatic rings. The van der Waals surface area contributed by atoms with Crippen LogP contribution in [0.5, 0.6) is 5.88 Å². The molecule has 1 heterocycles. The summed E-state index contributed by atoms with van der Waals surface area (Å²) >= 11 is 22.7. The van der Waals surface area contributed by atoms with Crippen LogP contribution in [0.15, 0.2) is 16.6 Å². The summed E-state index contributed by atoms with van der Waals surface area (Å²) in [7, 11) is 0. The first kappa shape index (κ1) is 36.7. The Kier molecular flexibility index (Phi) is 17.9. The first-order valence-corrected chi connectivity index (χ1v) is 17.1. The standard InChI is InChI=1S/C31H44BrCl3N2O5/c1-4-7-8-9-10-11-12-13-14-15-16-17-18-19-25-26(32)29(42-28(30(38)40-5-2)31(39)41-6-3)37(36-25)27-23(34)20-22(33)21-24(27)35/h20-21,28H,4-19H2,1-3H3. The van der Waals surface area contributed by atoms with Crippen molar-refractivity contribution >= 4 is 62.7 Å². The van der Waals surface area contributed by atoms with E-state index in [1.807, 2.05) is 0 Å². The van der Waals surface area contributed by atoms with Crippen molar-refractivity contribution in [1.82, 2.24) is 9.78 Å². The Morgan fingerprint density at radius 2 is 1.24 bits per heavy atom. The van der Waals surface area contributed by atoms with Gasteiger partial charge in [-0.15, -0.1) is 0 Å². The second kappa shape index (κ2) is 20.5. The smallest absolute Gasteiger partial charge is 0.359 e. The fourth-order valence-electron chi connectivity index (χ4n) is 4.63. The molecule has 0 aliphatic carbocycles. The molecule has 0 radical (unpaired) electrons. The Balaban J connectivity index is 2.09. The fraction of sp³-hybridized carbons (Fsp3) is 0.645. The maximum Gasteiger partial charge on any atom is 0.359 e. The van der Waals surface area contributed by atoms with Crippen LogP contribution < -0.4 is 4.74 Å². The van der Waals surface area contributed by atoms with Crippen LogP contribution in [0.2, 0.25) is 15.1 Å². The quantitative estimate of drug-likeness (QED) is 0.0729. The van der Waals surface area contributed by atoms with Crippen LogP contribution in [0.4, 0.5) is 0 Å². The number of ether oxygens (including phenoxy) is 3. The number of halogens is 4. The summed E-state index contributed by atoms with van der Waals surface area (Å²) < 4.78 is 18.0. The molecular formula is C31H44BrCl3N2O5. The summed E-state index contributed by atoms with van der Waals surface area (Å²) in [6, 6.07) is 3.06. The minimum atomic E-state index is -1.66. The summed E-state index contributed by atoms with van der Waals surface area (Å²) in [4.78, 5) is 25.3. The van der Waals surface area contributed by atoms with Gasteiger partial charge in [-0.2, -0.15) is 9.78 Å². The Morgan fingerprint density at radius 1 is 0.786 bits per heavy atom. The number of rotatable bonds is 21. The van der Waals surface area contributed by atoms with E-state index in [0.717, 1.165) is 19.3 Å². The number of hydrogen-bond acceptors (Lipinski definition) is 6. The third-order valence-corrected chi connectivity index (χ3v) is 8.39. The van der Waals surface area contributed by atoms with Crippen molar-refractivity contribution in [3.63, 3.8) is 0 Å². The van der Waals surface area contributed by atoms with E-state index in [2.05, 4.69) is 22.9 Å². The van der Waals surface area contributed by atoms with Crippen LogP contribution in [-0.4, -0.2) is 41.0 Å². The number of carbonyl (C=O) groups is 2. The summed E-state index contributed by atoms with van der Waals surface area (Å²) in [6.45, 7) is 5.67. The molecule has 0 amide bonds. The van der Waals surface area contributed by atoms with Crippen molar-refractivity contribution in [3.05, 3.63) is 37.4 Å². The van der Waals surface area contributed by atoms with E-state index in [1.165, 1.54) is 81.0 Å². The highest BCUT2D eigenvalue weighted by Crippen LogP contribution is 2.39. The zero-order chi connectivity index (χ0) is 30.9. The molecule has 0 saturated carbocycles. The van der Waals surface area contributed by atoms with Gasteiger partial charge in [0.15, 0.2) is 0 Å². The minimum absolute atomic E-state index is 0.0671. The van der Waals surface area contributed by atoms with Gasteiger partial charge in [0.05, 0.1) is 29.0 Å². The molecule has 0 saturated heterocycles. The topological polar surface area (TPSA) is 79.7 Å². The number of nitrogens with zero attached hydrogens (tertiary/aromatic N) is 2. The van der Waals surface area contributed by atoms with E-state index < -0.39 is 18.0 Å². The maximum atomic E-state index is 12.7. The second-order valence-electron chi connectivity index (χ2n) is 10.2. The van der Waals surface area contributed by atoms with Crippen LogP contribution >= 0.6 is 50.7 Å². The lowest BCUT2D eigenvalue weighted by molar-refractivity contribution is -0.166. The summed E-state index contributed by atoms with van der Waals surface area (Å²) in [5.74, 6) is -1.67. The van der Waals surface area contributed by atoms with Crippen molar-refractivity contribution in [2.45, 2.75) is 117 Å². The summed E-state index contributed by atoms with van der Waals surface area (Å²) in [5.41, 5.74) is 0.989. The van der Waals surface area contributed by atoms with Crippen molar-refractivity contribution in [2.24, 2.45) is 0 Å². The van der Waals surface area contributed by atoms with Gasteiger partial charge in [-0.3, -0.25) is 0 Å². The predicted octanol–water partition coefficient (Wildman–Crippen LogP) is 10.1. The Labute approximate surface area is 274 Å². The van der Waals surface area contributed by atoms with Crippen LogP contribution in [0.25, 0.3) is 5.69 Å².